The van der Waals surface area contributed by atoms with Crippen LogP contribution >= 0.6 is 0 Å². The van der Waals surface area contributed by atoms with Gasteiger partial charge in [-0.2, -0.15) is 0 Å². The molecule has 2 aromatic heterocycles. The highest BCUT2D eigenvalue weighted by Gasteiger charge is 2.21. The van der Waals surface area contributed by atoms with Crippen LogP contribution in [0.2, 0.25) is 0 Å². The summed E-state index contributed by atoms with van der Waals surface area (Å²) in [5, 5.41) is 9.71. The number of hydrogen-bond acceptors (Lipinski definition) is 4. The highest BCUT2D eigenvalue weighted by atomic mass is 15.4. The average Bonchev–Trinajstić information content (AvgIpc) is 3.07. The van der Waals surface area contributed by atoms with Crippen LogP contribution in [0.15, 0.2) is 18.3 Å². The molecule has 4 rings (SSSR count). The van der Waals surface area contributed by atoms with Crippen LogP contribution in [0.4, 0.5) is 0 Å². The molecule has 0 aliphatic heterocycles. The van der Waals surface area contributed by atoms with Crippen molar-refractivity contribution >= 4 is 21.9 Å². The van der Waals surface area contributed by atoms with E-state index in [0.29, 0.717) is 6.04 Å². The Morgan fingerprint density at radius 1 is 1.21 bits per heavy atom. The minimum atomic E-state index is 0.478. The molecule has 0 saturated heterocycles. The van der Waals surface area contributed by atoms with Crippen LogP contribution in [0.5, 0.6) is 0 Å². The molecule has 5 nitrogen and oxygen atoms in total. The Morgan fingerprint density at radius 2 is 2.05 bits per heavy atom. The lowest BCUT2D eigenvalue weighted by Gasteiger charge is -2.10. The Kier molecular flexibility index (Phi) is 2.27. The number of aromatic nitrogens is 5. The monoisotopic (exact) mass is 253 g/mol. The van der Waals surface area contributed by atoms with E-state index in [9.17, 15) is 0 Å². The molecule has 2 heterocycles. The average molecular weight is 253 g/mol. The van der Waals surface area contributed by atoms with Crippen LogP contribution in [0.25, 0.3) is 21.9 Å². The molecule has 0 spiro atoms. The topological polar surface area (TPSA) is 56.5 Å². The van der Waals surface area contributed by atoms with E-state index < -0.39 is 0 Å². The molecule has 0 amide bonds. The zero-order valence-electron chi connectivity index (χ0n) is 10.9. The normalized spacial score (nSPS) is 16.7. The maximum Gasteiger partial charge on any atom is 0.125 e. The number of nitrogens with zero attached hydrogens (tertiary/aromatic N) is 5. The maximum atomic E-state index is 4.60. The molecule has 5 heteroatoms. The van der Waals surface area contributed by atoms with Crippen LogP contribution in [0, 0.1) is 6.92 Å². The van der Waals surface area contributed by atoms with Crippen molar-refractivity contribution in [2.45, 2.75) is 38.6 Å². The first-order chi connectivity index (χ1) is 9.33. The van der Waals surface area contributed by atoms with Crippen LogP contribution in [-0.2, 0) is 0 Å². The molecule has 0 atom stereocenters. The van der Waals surface area contributed by atoms with Crippen LogP contribution in [-0.4, -0.2) is 25.0 Å². The van der Waals surface area contributed by atoms with Crippen LogP contribution in [0.1, 0.15) is 37.5 Å². The number of hydrogen-bond donors (Lipinski definition) is 0. The van der Waals surface area contributed by atoms with Crippen molar-refractivity contribution in [1.29, 1.82) is 0 Å². The molecule has 1 fully saturated rings. The summed E-state index contributed by atoms with van der Waals surface area (Å²) in [6, 6.07) is 4.51. The lowest BCUT2D eigenvalue weighted by molar-refractivity contribution is 0.468. The van der Waals surface area contributed by atoms with E-state index in [2.05, 4.69) is 25.0 Å². The van der Waals surface area contributed by atoms with Gasteiger partial charge in [-0.25, -0.2) is 14.6 Å². The molecule has 1 aliphatic carbocycles. The minimum absolute atomic E-state index is 0.478. The summed E-state index contributed by atoms with van der Waals surface area (Å²) in [4.78, 5) is 8.86. The second-order valence-electron chi connectivity index (χ2n) is 5.26. The zero-order chi connectivity index (χ0) is 12.8. The molecule has 19 heavy (non-hydrogen) atoms. The van der Waals surface area contributed by atoms with E-state index >= 15 is 0 Å². The highest BCUT2D eigenvalue weighted by Crippen LogP contribution is 2.32. The Balaban J connectivity index is 2.06. The fourth-order valence-electron chi connectivity index (χ4n) is 3.01. The van der Waals surface area contributed by atoms with Crippen molar-refractivity contribution < 1.29 is 0 Å². The number of benzene rings is 1. The van der Waals surface area contributed by atoms with Gasteiger partial charge in [0.1, 0.15) is 22.4 Å². The van der Waals surface area contributed by atoms with Crippen LogP contribution in [0.3, 0.4) is 0 Å². The molecule has 1 saturated carbocycles. The van der Waals surface area contributed by atoms with Gasteiger partial charge in [0, 0.05) is 11.6 Å². The van der Waals surface area contributed by atoms with E-state index in [4.69, 9.17) is 0 Å². The van der Waals surface area contributed by atoms with Gasteiger partial charge < -0.3 is 0 Å². The van der Waals surface area contributed by atoms with Gasteiger partial charge in [-0.1, -0.05) is 18.1 Å². The lowest BCUT2D eigenvalue weighted by atomic mass is 10.2. The zero-order valence-corrected chi connectivity index (χ0v) is 10.9. The summed E-state index contributed by atoms with van der Waals surface area (Å²) in [6.07, 6.45) is 6.83. The van der Waals surface area contributed by atoms with E-state index in [0.717, 1.165) is 27.8 Å². The third-order valence-corrected chi connectivity index (χ3v) is 3.97. The van der Waals surface area contributed by atoms with Crippen LogP contribution < -0.4 is 0 Å². The summed E-state index contributed by atoms with van der Waals surface area (Å²) in [7, 11) is 0. The number of aryl methyl sites for hydroxylation is 1. The van der Waals surface area contributed by atoms with Gasteiger partial charge in [-0.05, 0) is 31.9 Å². The van der Waals surface area contributed by atoms with E-state index in [-0.39, 0.29) is 0 Å². The maximum absolute atomic E-state index is 4.60. The smallest absolute Gasteiger partial charge is 0.125 e. The first-order valence-electron chi connectivity index (χ1n) is 6.80. The largest absolute Gasteiger partial charge is 0.241 e. The third-order valence-electron chi connectivity index (χ3n) is 3.97. The molecule has 3 aromatic rings. The van der Waals surface area contributed by atoms with Crippen molar-refractivity contribution in [2.75, 3.05) is 0 Å². The Hall–Kier alpha value is -2.04. The first kappa shape index (κ1) is 10.8. The molecule has 0 N–H and O–H groups in total. The molecular formula is C14H15N5. The van der Waals surface area contributed by atoms with Gasteiger partial charge in [0.15, 0.2) is 0 Å². The summed E-state index contributed by atoms with van der Waals surface area (Å²) >= 11 is 0. The fourth-order valence-corrected chi connectivity index (χ4v) is 3.01. The summed E-state index contributed by atoms with van der Waals surface area (Å²) in [6.45, 7) is 1.92. The quantitative estimate of drug-likeness (QED) is 0.669. The van der Waals surface area contributed by atoms with Gasteiger partial charge in [0.2, 0.25) is 0 Å². The van der Waals surface area contributed by atoms with Crippen molar-refractivity contribution in [3.8, 4) is 0 Å². The number of rotatable bonds is 1. The summed E-state index contributed by atoms with van der Waals surface area (Å²) in [5.74, 6) is 0.791. The molecule has 1 aromatic carbocycles. The molecular weight excluding hydrogens is 238 g/mol. The second kappa shape index (κ2) is 3.98. The van der Waals surface area contributed by atoms with Gasteiger partial charge in [0.25, 0.3) is 0 Å². The van der Waals surface area contributed by atoms with E-state index in [1.807, 2.05) is 25.3 Å². The predicted octanol–water partition coefficient (Wildman–Crippen LogP) is 2.80. The van der Waals surface area contributed by atoms with E-state index in [1.54, 1.807) is 0 Å². The van der Waals surface area contributed by atoms with E-state index in [1.165, 1.54) is 25.7 Å². The van der Waals surface area contributed by atoms with Crippen molar-refractivity contribution in [1.82, 2.24) is 25.0 Å². The lowest BCUT2D eigenvalue weighted by Crippen LogP contribution is -2.07. The summed E-state index contributed by atoms with van der Waals surface area (Å²) < 4.78 is 2.08. The third kappa shape index (κ3) is 1.61. The van der Waals surface area contributed by atoms with Gasteiger partial charge in [-0.3, -0.25) is 0 Å². The Morgan fingerprint density at radius 3 is 2.89 bits per heavy atom. The predicted molar refractivity (Wildman–Crippen MR) is 72.9 cm³/mol. The molecule has 0 unspecified atom stereocenters. The van der Waals surface area contributed by atoms with Crippen molar-refractivity contribution in [3.63, 3.8) is 0 Å². The van der Waals surface area contributed by atoms with Gasteiger partial charge in [0.05, 0.1) is 6.04 Å². The first-order valence-corrected chi connectivity index (χ1v) is 6.80. The minimum Gasteiger partial charge on any atom is -0.241 e. The van der Waals surface area contributed by atoms with Crippen molar-refractivity contribution in [2.24, 2.45) is 0 Å². The molecule has 0 bridgehead atoms. The molecule has 0 radical (unpaired) electrons. The van der Waals surface area contributed by atoms with Gasteiger partial charge in [-0.15, -0.1) is 5.10 Å². The highest BCUT2D eigenvalue weighted by molar-refractivity contribution is 6.01. The second-order valence-corrected chi connectivity index (χ2v) is 5.26. The molecule has 96 valence electrons. The molecule has 1 aliphatic rings. The van der Waals surface area contributed by atoms with Gasteiger partial charge >= 0.3 is 0 Å². The summed E-state index contributed by atoms with van der Waals surface area (Å²) in [5.41, 5.74) is 2.97. The standard InChI is InChI=1S/C14H15N5/c1-9-15-8-10-6-7-12-14(13(10)16-9)19(18-17-12)11-4-2-3-5-11/h6-8,11H,2-5H2,1H3. The Bertz CT molecular complexity index is 755. The number of fused-ring (bicyclic) bond motifs is 3. The SMILES string of the molecule is Cc1ncc2ccc3nnn(C4CCCC4)c3c2n1. The van der Waals surface area contributed by atoms with Crippen molar-refractivity contribution in [3.05, 3.63) is 24.2 Å². The Labute approximate surface area is 110 Å². The fraction of sp³-hybridized carbons (Fsp3) is 0.429.